The Balaban J connectivity index is 2.78. The lowest BCUT2D eigenvalue weighted by Crippen LogP contribution is -2.32. The van der Waals surface area contributed by atoms with Crippen molar-refractivity contribution < 1.29 is 0 Å². The summed E-state index contributed by atoms with van der Waals surface area (Å²) in [5, 5.41) is 0. The smallest absolute Gasteiger partial charge is 0.128 e. The lowest BCUT2D eigenvalue weighted by molar-refractivity contribution is 0.339. The van der Waals surface area contributed by atoms with Crippen LogP contribution >= 0.6 is 0 Å². The van der Waals surface area contributed by atoms with Crippen molar-refractivity contribution in [3.05, 3.63) is 23.9 Å². The quantitative estimate of drug-likeness (QED) is 0.791. The number of likely N-dealkylation sites (N-methyl/N-ethyl adjacent to an activating group) is 2. The predicted molar refractivity (Wildman–Crippen MR) is 88.5 cm³/mol. The van der Waals surface area contributed by atoms with E-state index in [0.29, 0.717) is 5.92 Å². The summed E-state index contributed by atoms with van der Waals surface area (Å²) in [4.78, 5) is 9.20. The highest BCUT2D eigenvalue weighted by molar-refractivity contribution is 5.40. The van der Waals surface area contributed by atoms with Gasteiger partial charge in [-0.3, -0.25) is 0 Å². The molecule has 0 radical (unpaired) electrons. The Kier molecular flexibility index (Phi) is 6.00. The standard InChI is InChI=1S/C17H31N3/c1-8-20(12-11-19(6)7)16-10-9-15(13-18-16)14(2)17(3,4)5/h9-10,13-14H,8,11-12H2,1-7H3/t14-/m1/s1. The van der Waals surface area contributed by atoms with Gasteiger partial charge < -0.3 is 9.80 Å². The van der Waals surface area contributed by atoms with E-state index >= 15 is 0 Å². The minimum Gasteiger partial charge on any atom is -0.356 e. The Morgan fingerprint density at radius 3 is 2.20 bits per heavy atom. The molecule has 0 saturated carbocycles. The third kappa shape index (κ3) is 4.78. The second-order valence-corrected chi connectivity index (χ2v) is 6.92. The van der Waals surface area contributed by atoms with E-state index in [9.17, 15) is 0 Å². The van der Waals surface area contributed by atoms with Gasteiger partial charge in [-0.05, 0) is 44.0 Å². The fraction of sp³-hybridized carbons (Fsp3) is 0.706. The molecule has 3 nitrogen and oxygen atoms in total. The van der Waals surface area contributed by atoms with Crippen LogP contribution in [0.2, 0.25) is 0 Å². The maximum Gasteiger partial charge on any atom is 0.128 e. The van der Waals surface area contributed by atoms with Gasteiger partial charge in [-0.2, -0.15) is 0 Å². The van der Waals surface area contributed by atoms with Gasteiger partial charge in [0.15, 0.2) is 0 Å². The zero-order valence-corrected chi connectivity index (χ0v) is 14.3. The monoisotopic (exact) mass is 277 g/mol. The van der Waals surface area contributed by atoms with Crippen molar-refractivity contribution in [1.82, 2.24) is 9.88 Å². The Morgan fingerprint density at radius 2 is 1.80 bits per heavy atom. The summed E-state index contributed by atoms with van der Waals surface area (Å²) in [5.74, 6) is 1.60. The van der Waals surface area contributed by atoms with Crippen LogP contribution in [0.4, 0.5) is 5.82 Å². The molecule has 1 aromatic heterocycles. The first kappa shape index (κ1) is 17.0. The topological polar surface area (TPSA) is 19.4 Å². The number of hydrogen-bond donors (Lipinski definition) is 0. The van der Waals surface area contributed by atoms with Gasteiger partial charge >= 0.3 is 0 Å². The van der Waals surface area contributed by atoms with E-state index in [1.54, 1.807) is 0 Å². The number of hydrogen-bond acceptors (Lipinski definition) is 3. The molecule has 0 aromatic carbocycles. The van der Waals surface area contributed by atoms with Gasteiger partial charge in [-0.15, -0.1) is 0 Å². The van der Waals surface area contributed by atoms with Gasteiger partial charge in [0.25, 0.3) is 0 Å². The van der Waals surface area contributed by atoms with Crippen LogP contribution in [0.1, 0.15) is 46.1 Å². The summed E-state index contributed by atoms with van der Waals surface area (Å²) in [6.07, 6.45) is 2.05. The molecule has 20 heavy (non-hydrogen) atoms. The minimum absolute atomic E-state index is 0.276. The fourth-order valence-electron chi connectivity index (χ4n) is 2.10. The molecule has 0 fully saturated rings. The van der Waals surface area contributed by atoms with Crippen LogP contribution in [0.15, 0.2) is 18.3 Å². The van der Waals surface area contributed by atoms with Crippen LogP contribution in [0, 0.1) is 5.41 Å². The average Bonchev–Trinajstić information content (AvgIpc) is 2.38. The highest BCUT2D eigenvalue weighted by atomic mass is 15.2. The number of aromatic nitrogens is 1. The highest BCUT2D eigenvalue weighted by Crippen LogP contribution is 2.34. The van der Waals surface area contributed by atoms with Gasteiger partial charge in [-0.25, -0.2) is 4.98 Å². The molecule has 3 heteroatoms. The minimum atomic E-state index is 0.276. The predicted octanol–water partition coefficient (Wildman–Crippen LogP) is 3.62. The zero-order valence-electron chi connectivity index (χ0n) is 14.3. The van der Waals surface area contributed by atoms with E-state index in [4.69, 9.17) is 0 Å². The van der Waals surface area contributed by atoms with Crippen molar-refractivity contribution in [1.29, 1.82) is 0 Å². The molecule has 0 spiro atoms. The van der Waals surface area contributed by atoms with Crippen LogP contribution in [-0.2, 0) is 0 Å². The van der Waals surface area contributed by atoms with E-state index in [1.165, 1.54) is 5.56 Å². The number of anilines is 1. The van der Waals surface area contributed by atoms with E-state index < -0.39 is 0 Å². The van der Waals surface area contributed by atoms with Crippen molar-refractivity contribution in [2.24, 2.45) is 5.41 Å². The average molecular weight is 277 g/mol. The summed E-state index contributed by atoms with van der Waals surface area (Å²) >= 11 is 0. The molecular formula is C17H31N3. The largest absolute Gasteiger partial charge is 0.356 e. The highest BCUT2D eigenvalue weighted by Gasteiger charge is 2.22. The summed E-state index contributed by atoms with van der Waals surface area (Å²) in [6, 6.07) is 4.40. The van der Waals surface area contributed by atoms with E-state index in [2.05, 4.69) is 75.6 Å². The lowest BCUT2D eigenvalue weighted by atomic mass is 9.78. The Bertz CT molecular complexity index is 390. The van der Waals surface area contributed by atoms with E-state index in [-0.39, 0.29) is 5.41 Å². The summed E-state index contributed by atoms with van der Waals surface area (Å²) < 4.78 is 0. The van der Waals surface area contributed by atoms with Gasteiger partial charge in [0.05, 0.1) is 0 Å². The van der Waals surface area contributed by atoms with Crippen molar-refractivity contribution in [3.8, 4) is 0 Å². The van der Waals surface area contributed by atoms with Crippen molar-refractivity contribution in [2.75, 3.05) is 38.6 Å². The summed E-state index contributed by atoms with van der Waals surface area (Å²) in [5.41, 5.74) is 1.60. The Labute approximate surface area is 125 Å². The second kappa shape index (κ2) is 7.07. The molecule has 0 N–H and O–H groups in total. The van der Waals surface area contributed by atoms with Gasteiger partial charge in [0.1, 0.15) is 5.82 Å². The molecule has 0 bridgehead atoms. The first-order valence-corrected chi connectivity index (χ1v) is 7.61. The molecule has 114 valence electrons. The van der Waals surface area contributed by atoms with Crippen LogP contribution in [0.3, 0.4) is 0 Å². The molecule has 1 heterocycles. The maximum absolute atomic E-state index is 4.67. The molecule has 0 aliphatic heterocycles. The molecule has 0 saturated heterocycles. The lowest BCUT2D eigenvalue weighted by Gasteiger charge is -2.28. The van der Waals surface area contributed by atoms with Crippen LogP contribution < -0.4 is 4.90 Å². The zero-order chi connectivity index (χ0) is 15.3. The summed E-state index contributed by atoms with van der Waals surface area (Å²) in [7, 11) is 4.21. The first-order chi connectivity index (χ1) is 9.25. The second-order valence-electron chi connectivity index (χ2n) is 6.92. The van der Waals surface area contributed by atoms with Gasteiger partial charge in [0, 0.05) is 25.8 Å². The van der Waals surface area contributed by atoms with Crippen molar-refractivity contribution >= 4 is 5.82 Å². The molecular weight excluding hydrogens is 246 g/mol. The normalized spacial score (nSPS) is 13.6. The molecule has 0 aliphatic rings. The van der Waals surface area contributed by atoms with Crippen LogP contribution in [-0.4, -0.2) is 43.6 Å². The Morgan fingerprint density at radius 1 is 1.15 bits per heavy atom. The number of nitrogens with zero attached hydrogens (tertiary/aromatic N) is 3. The molecule has 1 atom stereocenters. The molecule has 1 aromatic rings. The van der Waals surface area contributed by atoms with Gasteiger partial charge in [0.2, 0.25) is 0 Å². The number of rotatable bonds is 6. The van der Waals surface area contributed by atoms with Crippen LogP contribution in [0.5, 0.6) is 0 Å². The maximum atomic E-state index is 4.67. The van der Waals surface area contributed by atoms with Crippen molar-refractivity contribution in [3.63, 3.8) is 0 Å². The molecule has 0 unspecified atom stereocenters. The summed E-state index contributed by atoms with van der Waals surface area (Å²) in [6.45, 7) is 14.4. The third-order valence-electron chi connectivity index (χ3n) is 4.09. The molecule has 1 rings (SSSR count). The molecule has 0 amide bonds. The Hall–Kier alpha value is -1.09. The fourth-order valence-corrected chi connectivity index (χ4v) is 2.10. The first-order valence-electron chi connectivity index (χ1n) is 7.61. The van der Waals surface area contributed by atoms with Crippen LogP contribution in [0.25, 0.3) is 0 Å². The van der Waals surface area contributed by atoms with E-state index in [0.717, 1.165) is 25.5 Å². The number of pyridine rings is 1. The van der Waals surface area contributed by atoms with Gasteiger partial charge in [-0.1, -0.05) is 33.8 Å². The van der Waals surface area contributed by atoms with Crippen molar-refractivity contribution in [2.45, 2.75) is 40.5 Å². The SMILES string of the molecule is CCN(CCN(C)C)c1ccc([C@@H](C)C(C)(C)C)cn1. The van der Waals surface area contributed by atoms with E-state index in [1.807, 2.05) is 6.20 Å². The molecule has 0 aliphatic carbocycles. The third-order valence-corrected chi connectivity index (χ3v) is 4.09.